The van der Waals surface area contributed by atoms with Gasteiger partial charge >= 0.3 is 0 Å². The van der Waals surface area contributed by atoms with Gasteiger partial charge in [-0.25, -0.2) is 0 Å². The number of benzene rings is 2. The van der Waals surface area contributed by atoms with E-state index in [-0.39, 0.29) is 6.10 Å². The SMILES string of the molecule is OC(Cc1ccc(Br)cc1)Cc1ccccc1Br. The van der Waals surface area contributed by atoms with Gasteiger partial charge < -0.3 is 5.11 Å². The number of aliphatic hydroxyl groups excluding tert-OH is 1. The van der Waals surface area contributed by atoms with Crippen molar-refractivity contribution >= 4 is 31.9 Å². The third-order valence-corrected chi connectivity index (χ3v) is 4.10. The van der Waals surface area contributed by atoms with Crippen LogP contribution >= 0.6 is 31.9 Å². The molecule has 1 nitrogen and oxygen atoms in total. The fraction of sp³-hybridized carbons (Fsp3) is 0.200. The normalized spacial score (nSPS) is 12.4. The standard InChI is InChI=1S/C15H14Br2O/c16-13-7-5-11(6-8-13)9-14(18)10-12-3-1-2-4-15(12)17/h1-8,14,18H,9-10H2. The van der Waals surface area contributed by atoms with Crippen molar-refractivity contribution in [2.45, 2.75) is 18.9 Å². The van der Waals surface area contributed by atoms with Crippen molar-refractivity contribution in [3.8, 4) is 0 Å². The first-order valence-electron chi connectivity index (χ1n) is 5.81. The molecule has 1 unspecified atom stereocenters. The first-order chi connectivity index (χ1) is 8.65. The van der Waals surface area contributed by atoms with E-state index in [9.17, 15) is 5.11 Å². The van der Waals surface area contributed by atoms with Crippen LogP contribution in [0, 0.1) is 0 Å². The van der Waals surface area contributed by atoms with E-state index in [1.165, 1.54) is 0 Å². The fourth-order valence-electron chi connectivity index (χ4n) is 1.88. The zero-order valence-corrected chi connectivity index (χ0v) is 13.0. The lowest BCUT2D eigenvalue weighted by Crippen LogP contribution is -2.14. The van der Waals surface area contributed by atoms with Gasteiger partial charge in [-0.3, -0.25) is 0 Å². The van der Waals surface area contributed by atoms with Crippen molar-refractivity contribution in [3.05, 3.63) is 68.6 Å². The minimum atomic E-state index is -0.357. The summed E-state index contributed by atoms with van der Waals surface area (Å²) in [6.45, 7) is 0. The van der Waals surface area contributed by atoms with Gasteiger partial charge in [0.2, 0.25) is 0 Å². The molecule has 18 heavy (non-hydrogen) atoms. The summed E-state index contributed by atoms with van der Waals surface area (Å²) in [4.78, 5) is 0. The topological polar surface area (TPSA) is 20.2 Å². The summed E-state index contributed by atoms with van der Waals surface area (Å²) >= 11 is 6.91. The zero-order valence-electron chi connectivity index (χ0n) is 9.81. The molecule has 0 heterocycles. The Balaban J connectivity index is 1.99. The molecule has 0 saturated carbocycles. The highest BCUT2D eigenvalue weighted by Gasteiger charge is 2.08. The summed E-state index contributed by atoms with van der Waals surface area (Å²) in [5.74, 6) is 0. The van der Waals surface area contributed by atoms with Crippen molar-refractivity contribution in [1.82, 2.24) is 0 Å². The summed E-state index contributed by atoms with van der Waals surface area (Å²) in [6, 6.07) is 16.1. The van der Waals surface area contributed by atoms with Crippen LogP contribution in [0.3, 0.4) is 0 Å². The van der Waals surface area contributed by atoms with Crippen LogP contribution in [0.15, 0.2) is 57.5 Å². The first kappa shape index (κ1) is 13.8. The molecule has 0 bridgehead atoms. The van der Waals surface area contributed by atoms with Gasteiger partial charge in [-0.15, -0.1) is 0 Å². The maximum atomic E-state index is 10.1. The van der Waals surface area contributed by atoms with Gasteiger partial charge in [0.25, 0.3) is 0 Å². The molecule has 0 aliphatic carbocycles. The molecule has 1 N–H and O–H groups in total. The second-order valence-electron chi connectivity index (χ2n) is 4.28. The van der Waals surface area contributed by atoms with E-state index in [0.717, 1.165) is 20.1 Å². The molecule has 0 aliphatic rings. The van der Waals surface area contributed by atoms with Crippen LogP contribution in [0.5, 0.6) is 0 Å². The minimum Gasteiger partial charge on any atom is -0.392 e. The number of halogens is 2. The van der Waals surface area contributed by atoms with Gasteiger partial charge in [-0.2, -0.15) is 0 Å². The van der Waals surface area contributed by atoms with Crippen molar-refractivity contribution in [2.75, 3.05) is 0 Å². The lowest BCUT2D eigenvalue weighted by atomic mass is 10.0. The Morgan fingerprint density at radius 3 is 2.22 bits per heavy atom. The summed E-state index contributed by atoms with van der Waals surface area (Å²) in [6.07, 6.45) is 0.983. The number of aliphatic hydroxyl groups is 1. The predicted molar refractivity (Wildman–Crippen MR) is 81.7 cm³/mol. The largest absolute Gasteiger partial charge is 0.392 e. The molecule has 0 spiro atoms. The summed E-state index contributed by atoms with van der Waals surface area (Å²) in [5.41, 5.74) is 2.29. The van der Waals surface area contributed by atoms with Gasteiger partial charge in [0.1, 0.15) is 0 Å². The van der Waals surface area contributed by atoms with Crippen molar-refractivity contribution in [1.29, 1.82) is 0 Å². The minimum absolute atomic E-state index is 0.357. The van der Waals surface area contributed by atoms with Crippen LogP contribution in [-0.2, 0) is 12.8 Å². The molecule has 0 amide bonds. The Kier molecular flexibility index (Phi) is 4.98. The first-order valence-corrected chi connectivity index (χ1v) is 7.39. The van der Waals surface area contributed by atoms with Crippen LogP contribution in [0.2, 0.25) is 0 Å². The molecular weight excluding hydrogens is 356 g/mol. The molecule has 0 aromatic heterocycles. The van der Waals surface area contributed by atoms with E-state index in [1.54, 1.807) is 0 Å². The van der Waals surface area contributed by atoms with Crippen LogP contribution in [0.1, 0.15) is 11.1 Å². The van der Waals surface area contributed by atoms with Gasteiger partial charge in [-0.1, -0.05) is 62.2 Å². The van der Waals surface area contributed by atoms with E-state index in [1.807, 2.05) is 48.5 Å². The second-order valence-corrected chi connectivity index (χ2v) is 6.05. The van der Waals surface area contributed by atoms with Crippen LogP contribution in [0.25, 0.3) is 0 Å². The monoisotopic (exact) mass is 368 g/mol. The molecular formula is C15H14Br2O. The molecule has 3 heteroatoms. The van der Waals surface area contributed by atoms with Gasteiger partial charge in [0.05, 0.1) is 6.10 Å². The van der Waals surface area contributed by atoms with E-state index >= 15 is 0 Å². The smallest absolute Gasteiger partial charge is 0.0621 e. The zero-order chi connectivity index (χ0) is 13.0. The van der Waals surface area contributed by atoms with Crippen molar-refractivity contribution < 1.29 is 5.11 Å². The number of hydrogen-bond donors (Lipinski definition) is 1. The summed E-state index contributed by atoms with van der Waals surface area (Å²) in [7, 11) is 0. The molecule has 94 valence electrons. The van der Waals surface area contributed by atoms with Crippen molar-refractivity contribution in [3.63, 3.8) is 0 Å². The Hall–Kier alpha value is -0.640. The summed E-state index contributed by atoms with van der Waals surface area (Å²) in [5, 5.41) is 10.1. The highest BCUT2D eigenvalue weighted by atomic mass is 79.9. The maximum absolute atomic E-state index is 10.1. The van der Waals surface area contributed by atoms with E-state index < -0.39 is 0 Å². The van der Waals surface area contributed by atoms with Crippen LogP contribution < -0.4 is 0 Å². The number of hydrogen-bond acceptors (Lipinski definition) is 1. The van der Waals surface area contributed by atoms with Gasteiger partial charge in [0, 0.05) is 8.95 Å². The highest BCUT2D eigenvalue weighted by Crippen LogP contribution is 2.19. The Bertz CT molecular complexity index is 508. The molecule has 0 saturated heterocycles. The predicted octanol–water partition coefficient (Wildman–Crippen LogP) is 4.36. The Morgan fingerprint density at radius 2 is 1.56 bits per heavy atom. The van der Waals surface area contributed by atoms with Crippen molar-refractivity contribution in [2.24, 2.45) is 0 Å². The van der Waals surface area contributed by atoms with Crippen LogP contribution in [-0.4, -0.2) is 11.2 Å². The summed E-state index contributed by atoms with van der Waals surface area (Å²) < 4.78 is 2.12. The van der Waals surface area contributed by atoms with Gasteiger partial charge in [0.15, 0.2) is 0 Å². The molecule has 0 radical (unpaired) electrons. The fourth-order valence-corrected chi connectivity index (χ4v) is 2.59. The van der Waals surface area contributed by atoms with E-state index in [0.29, 0.717) is 12.8 Å². The number of rotatable bonds is 4. The molecule has 0 fully saturated rings. The highest BCUT2D eigenvalue weighted by molar-refractivity contribution is 9.10. The average Bonchev–Trinajstić information content (AvgIpc) is 2.35. The molecule has 2 rings (SSSR count). The van der Waals surface area contributed by atoms with Crippen LogP contribution in [0.4, 0.5) is 0 Å². The van der Waals surface area contributed by atoms with E-state index in [4.69, 9.17) is 0 Å². The lowest BCUT2D eigenvalue weighted by Gasteiger charge is -2.12. The maximum Gasteiger partial charge on any atom is 0.0621 e. The second kappa shape index (κ2) is 6.50. The van der Waals surface area contributed by atoms with Gasteiger partial charge in [-0.05, 0) is 42.2 Å². The molecule has 0 aliphatic heterocycles. The van der Waals surface area contributed by atoms with E-state index in [2.05, 4.69) is 31.9 Å². The Morgan fingerprint density at radius 1 is 0.889 bits per heavy atom. The third kappa shape index (κ3) is 3.94. The quantitative estimate of drug-likeness (QED) is 0.848. The molecule has 2 aromatic rings. The lowest BCUT2D eigenvalue weighted by molar-refractivity contribution is 0.175. The Labute approximate surface area is 124 Å². The third-order valence-electron chi connectivity index (χ3n) is 2.80. The average molecular weight is 370 g/mol. The molecule has 1 atom stereocenters. The molecule has 2 aromatic carbocycles.